The van der Waals surface area contributed by atoms with Crippen molar-refractivity contribution in [3.05, 3.63) is 0 Å². The lowest BCUT2D eigenvalue weighted by Gasteiger charge is -2.42. The van der Waals surface area contributed by atoms with E-state index < -0.39 is 12.6 Å². The van der Waals surface area contributed by atoms with Crippen LogP contribution in [0.5, 0.6) is 0 Å². The first-order chi connectivity index (χ1) is 8.83. The van der Waals surface area contributed by atoms with Gasteiger partial charge in [-0.1, -0.05) is 27.2 Å². The van der Waals surface area contributed by atoms with Crippen LogP contribution in [0.25, 0.3) is 0 Å². The van der Waals surface area contributed by atoms with E-state index in [2.05, 4.69) is 31.0 Å². The molecule has 1 N–H and O–H groups in total. The van der Waals surface area contributed by atoms with Gasteiger partial charge < -0.3 is 5.32 Å². The van der Waals surface area contributed by atoms with Crippen LogP contribution in [-0.2, 0) is 0 Å². The number of hydrogen-bond acceptors (Lipinski definition) is 2. The van der Waals surface area contributed by atoms with Crippen molar-refractivity contribution in [2.45, 2.75) is 64.7 Å². The largest absolute Gasteiger partial charge is 0.389 e. The number of halogens is 3. The van der Waals surface area contributed by atoms with Crippen molar-refractivity contribution >= 4 is 0 Å². The molecule has 0 bridgehead atoms. The van der Waals surface area contributed by atoms with Gasteiger partial charge in [-0.25, -0.2) is 0 Å². The Hall–Kier alpha value is -0.290. The zero-order valence-electron chi connectivity index (χ0n) is 12.3. The molecule has 5 heteroatoms. The Kier molecular flexibility index (Phi) is 6.60. The summed E-state index contributed by atoms with van der Waals surface area (Å²) in [5.41, 5.74) is 0. The van der Waals surface area contributed by atoms with Gasteiger partial charge in [-0.05, 0) is 25.3 Å². The van der Waals surface area contributed by atoms with Gasteiger partial charge in [0.05, 0.1) is 0 Å². The smallest absolute Gasteiger partial charge is 0.311 e. The van der Waals surface area contributed by atoms with Gasteiger partial charge in [0, 0.05) is 31.6 Å². The summed E-state index contributed by atoms with van der Waals surface area (Å²) in [6.45, 7) is 8.77. The van der Waals surface area contributed by atoms with Crippen LogP contribution < -0.4 is 5.32 Å². The van der Waals surface area contributed by atoms with Crippen molar-refractivity contribution in [2.75, 3.05) is 19.6 Å². The number of hydrogen-bond donors (Lipinski definition) is 1. The van der Waals surface area contributed by atoms with Crippen LogP contribution in [-0.4, -0.2) is 42.8 Å². The second kappa shape index (κ2) is 7.48. The lowest BCUT2D eigenvalue weighted by atomic mass is 9.96. The maximum atomic E-state index is 12.2. The Morgan fingerprint density at radius 3 is 2.53 bits per heavy atom. The fourth-order valence-electron chi connectivity index (χ4n) is 2.84. The molecule has 114 valence electrons. The molecule has 19 heavy (non-hydrogen) atoms. The van der Waals surface area contributed by atoms with Gasteiger partial charge in [0.1, 0.15) is 0 Å². The van der Waals surface area contributed by atoms with Gasteiger partial charge in [0.15, 0.2) is 0 Å². The van der Waals surface area contributed by atoms with Crippen LogP contribution in [0.3, 0.4) is 0 Å². The monoisotopic (exact) mass is 280 g/mol. The average molecular weight is 280 g/mol. The highest BCUT2D eigenvalue weighted by Crippen LogP contribution is 2.23. The molecule has 0 saturated carbocycles. The molecule has 0 radical (unpaired) electrons. The summed E-state index contributed by atoms with van der Waals surface area (Å²) in [6, 6.07) is 0.798. The fraction of sp³-hybridized carbons (Fsp3) is 1.00. The van der Waals surface area contributed by atoms with E-state index in [1.165, 1.54) is 0 Å². The lowest BCUT2D eigenvalue weighted by Crippen LogP contribution is -2.58. The van der Waals surface area contributed by atoms with Crippen LogP contribution in [0.2, 0.25) is 0 Å². The van der Waals surface area contributed by atoms with E-state index in [-0.39, 0.29) is 6.42 Å². The zero-order valence-corrected chi connectivity index (χ0v) is 12.3. The molecule has 2 unspecified atom stereocenters. The standard InChI is InChI=1S/C14H27F3N2/c1-4-6-12-10-19(8-5-7-14(15,16)17)13(9-18-12)11(2)3/h11-13,18H,4-10H2,1-3H3. The minimum absolute atomic E-state index is 0.214. The number of rotatable bonds is 6. The van der Waals surface area contributed by atoms with E-state index >= 15 is 0 Å². The van der Waals surface area contributed by atoms with Crippen LogP contribution in [0.1, 0.15) is 46.5 Å². The van der Waals surface area contributed by atoms with E-state index in [1.54, 1.807) is 0 Å². The van der Waals surface area contributed by atoms with Crippen molar-refractivity contribution in [3.8, 4) is 0 Å². The van der Waals surface area contributed by atoms with Crippen molar-refractivity contribution in [1.82, 2.24) is 10.2 Å². The Morgan fingerprint density at radius 2 is 2.00 bits per heavy atom. The third-order valence-electron chi connectivity index (χ3n) is 3.85. The quantitative estimate of drug-likeness (QED) is 0.802. The Morgan fingerprint density at radius 1 is 1.32 bits per heavy atom. The molecule has 0 aromatic rings. The van der Waals surface area contributed by atoms with E-state index in [0.717, 1.165) is 25.9 Å². The number of piperazine rings is 1. The molecule has 2 atom stereocenters. The SMILES string of the molecule is CCCC1CN(CCCC(F)(F)F)C(C(C)C)CN1. The normalized spacial score (nSPS) is 26.1. The molecule has 0 amide bonds. The molecule has 1 aliphatic heterocycles. The molecule has 1 aliphatic rings. The minimum Gasteiger partial charge on any atom is -0.311 e. The molecule has 0 aliphatic carbocycles. The third kappa shape index (κ3) is 6.13. The van der Waals surface area contributed by atoms with E-state index in [9.17, 15) is 13.2 Å². The summed E-state index contributed by atoms with van der Waals surface area (Å²) >= 11 is 0. The average Bonchev–Trinajstić information content (AvgIpc) is 2.27. The molecule has 1 rings (SSSR count). The van der Waals surface area contributed by atoms with E-state index in [1.807, 2.05) is 0 Å². The van der Waals surface area contributed by atoms with Gasteiger partial charge >= 0.3 is 6.18 Å². The summed E-state index contributed by atoms with van der Waals surface area (Å²) in [4.78, 5) is 2.26. The molecule has 1 saturated heterocycles. The highest BCUT2D eigenvalue weighted by molar-refractivity contribution is 4.87. The lowest BCUT2D eigenvalue weighted by molar-refractivity contribution is -0.136. The second-order valence-corrected chi connectivity index (χ2v) is 5.92. The molecule has 1 fully saturated rings. The van der Waals surface area contributed by atoms with E-state index in [4.69, 9.17) is 0 Å². The number of nitrogens with zero attached hydrogens (tertiary/aromatic N) is 1. The van der Waals surface area contributed by atoms with Gasteiger partial charge in [0.25, 0.3) is 0 Å². The van der Waals surface area contributed by atoms with Crippen molar-refractivity contribution < 1.29 is 13.2 Å². The molecule has 0 spiro atoms. The molecular formula is C14H27F3N2. The van der Waals surface area contributed by atoms with Crippen LogP contribution in [0, 0.1) is 5.92 Å². The highest BCUT2D eigenvalue weighted by atomic mass is 19.4. The summed E-state index contributed by atoms with van der Waals surface area (Å²) < 4.78 is 36.7. The Bertz CT molecular complexity index is 254. The van der Waals surface area contributed by atoms with Crippen LogP contribution in [0.15, 0.2) is 0 Å². The second-order valence-electron chi connectivity index (χ2n) is 5.92. The van der Waals surface area contributed by atoms with Crippen LogP contribution >= 0.6 is 0 Å². The first-order valence-electron chi connectivity index (χ1n) is 7.37. The maximum absolute atomic E-state index is 12.2. The topological polar surface area (TPSA) is 15.3 Å². The number of alkyl halides is 3. The number of nitrogens with one attached hydrogen (secondary N) is 1. The predicted molar refractivity (Wildman–Crippen MR) is 72.2 cm³/mol. The molecule has 0 aromatic heterocycles. The summed E-state index contributed by atoms with van der Waals surface area (Å²) in [6.07, 6.45) is -2.27. The van der Waals surface area contributed by atoms with Gasteiger partial charge in [-0.3, -0.25) is 4.90 Å². The fourth-order valence-corrected chi connectivity index (χ4v) is 2.84. The summed E-state index contributed by atoms with van der Waals surface area (Å²) in [7, 11) is 0. The van der Waals surface area contributed by atoms with Crippen molar-refractivity contribution in [2.24, 2.45) is 5.92 Å². The van der Waals surface area contributed by atoms with E-state index in [0.29, 0.717) is 24.5 Å². The van der Waals surface area contributed by atoms with Gasteiger partial charge in [-0.2, -0.15) is 13.2 Å². The third-order valence-corrected chi connectivity index (χ3v) is 3.85. The molecule has 2 nitrogen and oxygen atoms in total. The molecule has 1 heterocycles. The van der Waals surface area contributed by atoms with Gasteiger partial charge in [-0.15, -0.1) is 0 Å². The highest BCUT2D eigenvalue weighted by Gasteiger charge is 2.31. The Labute approximate surface area is 114 Å². The molecular weight excluding hydrogens is 253 g/mol. The minimum atomic E-state index is -4.02. The summed E-state index contributed by atoms with van der Waals surface area (Å²) in [5, 5.41) is 3.52. The van der Waals surface area contributed by atoms with Gasteiger partial charge in [0.2, 0.25) is 0 Å². The molecule has 0 aromatic carbocycles. The first-order valence-corrected chi connectivity index (χ1v) is 7.37. The maximum Gasteiger partial charge on any atom is 0.389 e. The Balaban J connectivity index is 2.47. The van der Waals surface area contributed by atoms with Crippen molar-refractivity contribution in [1.29, 1.82) is 0 Å². The predicted octanol–water partition coefficient (Wildman–Crippen LogP) is 3.43. The zero-order chi connectivity index (χ0) is 14.5. The van der Waals surface area contributed by atoms with Crippen LogP contribution in [0.4, 0.5) is 13.2 Å². The first kappa shape index (κ1) is 16.8. The van der Waals surface area contributed by atoms with Crippen molar-refractivity contribution in [3.63, 3.8) is 0 Å². The summed E-state index contributed by atoms with van der Waals surface area (Å²) in [5.74, 6) is 0.473.